The van der Waals surface area contributed by atoms with Gasteiger partial charge in [-0.25, -0.2) is 0 Å². The Kier molecular flexibility index (Phi) is 7.65. The van der Waals surface area contributed by atoms with Gasteiger partial charge in [0.2, 0.25) is 0 Å². The molecule has 2 aromatic rings. The molecule has 3 rings (SSSR count). The van der Waals surface area contributed by atoms with Gasteiger partial charge in [-0.15, -0.1) is 4.47 Å². The number of rotatable bonds is 10. The van der Waals surface area contributed by atoms with E-state index >= 15 is 0 Å². The van der Waals surface area contributed by atoms with Crippen LogP contribution < -0.4 is 21.5 Å². The molecule has 1 heterocycles. The molecule has 10 heteroatoms. The lowest BCUT2D eigenvalue weighted by Gasteiger charge is -2.26. The number of nitrogens with one attached hydrogen (secondary N) is 2. The van der Waals surface area contributed by atoms with Gasteiger partial charge in [-0.05, 0) is 50.3 Å². The van der Waals surface area contributed by atoms with Gasteiger partial charge in [0.05, 0.1) is 34.9 Å². The van der Waals surface area contributed by atoms with E-state index in [1.165, 1.54) is 7.11 Å². The zero-order valence-electron chi connectivity index (χ0n) is 17.2. The Morgan fingerprint density at radius 1 is 1.33 bits per heavy atom. The predicted molar refractivity (Wildman–Crippen MR) is 120 cm³/mol. The molecule has 2 aromatic carbocycles. The molecule has 0 aliphatic carbocycles. The highest BCUT2D eigenvalue weighted by molar-refractivity contribution is 7.97. The highest BCUT2D eigenvalue weighted by Crippen LogP contribution is 2.43. The highest BCUT2D eigenvalue weighted by atomic mass is 35.5. The number of benzene rings is 1. The molecule has 0 aromatic heterocycles. The molecule has 0 radical (unpaired) electrons. The molecule has 1 fully saturated rings. The summed E-state index contributed by atoms with van der Waals surface area (Å²) in [6.45, 7) is 5.16. The Labute approximate surface area is 184 Å². The third kappa shape index (κ3) is 4.60. The zero-order valence-corrected chi connectivity index (χ0v) is 18.7. The minimum atomic E-state index is -0.629. The van der Waals surface area contributed by atoms with Gasteiger partial charge < -0.3 is 20.5 Å². The van der Waals surface area contributed by atoms with Gasteiger partial charge in [-0.2, -0.15) is 0 Å². The topological polar surface area (TPSA) is 100 Å². The number of ether oxygens (including phenoxy) is 1. The van der Waals surface area contributed by atoms with Gasteiger partial charge in [0, 0.05) is 13.2 Å². The van der Waals surface area contributed by atoms with Crippen molar-refractivity contribution >= 4 is 40.6 Å². The lowest BCUT2D eigenvalue weighted by Crippen LogP contribution is -2.42. The van der Waals surface area contributed by atoms with Crippen molar-refractivity contribution in [2.24, 2.45) is 0 Å². The van der Waals surface area contributed by atoms with Gasteiger partial charge in [-0.3, -0.25) is 14.4 Å². The van der Waals surface area contributed by atoms with E-state index in [-0.39, 0.29) is 35.0 Å². The average Bonchev–Trinajstić information content (AvgIpc) is 3.29. The van der Waals surface area contributed by atoms with Gasteiger partial charge >= 0.3 is 0 Å². The number of nitrogens with zero attached hydrogens (tertiary/aromatic N) is 1. The van der Waals surface area contributed by atoms with Crippen LogP contribution in [0.5, 0.6) is 5.75 Å². The number of hydroxylamine groups is 1. The summed E-state index contributed by atoms with van der Waals surface area (Å²) in [7, 11) is 1.52. The molecule has 3 N–H and O–H groups in total. The SMILES string of the molecule is CC[C@@H](Nc1c(Nc2ccc(Cl)c(SN(CC)OC)c2O)c(=O)c1=O)C1CCCO1. The maximum absolute atomic E-state index is 12.2. The van der Waals surface area contributed by atoms with E-state index in [1.807, 2.05) is 13.8 Å². The average molecular weight is 456 g/mol. The van der Waals surface area contributed by atoms with Crippen LogP contribution in [0.3, 0.4) is 0 Å². The molecule has 0 bridgehead atoms. The largest absolute Gasteiger partial charge is 0.505 e. The molecule has 0 spiro atoms. The van der Waals surface area contributed by atoms with Crippen LogP contribution in [0, 0.1) is 0 Å². The summed E-state index contributed by atoms with van der Waals surface area (Å²) >= 11 is 7.37. The smallest absolute Gasteiger partial charge is 0.253 e. The van der Waals surface area contributed by atoms with Gasteiger partial charge in [-0.1, -0.05) is 18.5 Å². The summed E-state index contributed by atoms with van der Waals surface area (Å²) in [6, 6.07) is 3.10. The maximum atomic E-state index is 12.2. The van der Waals surface area contributed by atoms with Crippen molar-refractivity contribution in [3.05, 3.63) is 37.6 Å². The van der Waals surface area contributed by atoms with E-state index in [4.69, 9.17) is 21.2 Å². The van der Waals surface area contributed by atoms with Crippen LogP contribution in [0.1, 0.15) is 33.1 Å². The number of hydrogen-bond donors (Lipinski definition) is 3. The Hall–Kier alpha value is -1.78. The normalized spacial score (nSPS) is 17.6. The molecule has 30 heavy (non-hydrogen) atoms. The Balaban J connectivity index is 1.84. The first-order valence-electron chi connectivity index (χ1n) is 9.90. The van der Waals surface area contributed by atoms with Crippen molar-refractivity contribution in [1.29, 1.82) is 0 Å². The second-order valence-corrected chi connectivity index (χ2v) is 8.34. The second-order valence-electron chi connectivity index (χ2n) is 6.94. The van der Waals surface area contributed by atoms with Crippen molar-refractivity contribution in [1.82, 2.24) is 4.47 Å². The van der Waals surface area contributed by atoms with Crippen LogP contribution in [0.4, 0.5) is 17.1 Å². The quantitative estimate of drug-likeness (QED) is 0.214. The number of halogens is 1. The van der Waals surface area contributed by atoms with Crippen LogP contribution in [0.25, 0.3) is 0 Å². The van der Waals surface area contributed by atoms with Crippen molar-refractivity contribution in [2.45, 2.75) is 50.2 Å². The summed E-state index contributed by atoms with van der Waals surface area (Å²) in [4.78, 5) is 30.0. The van der Waals surface area contributed by atoms with Crippen molar-refractivity contribution < 1.29 is 14.7 Å². The molecule has 8 nitrogen and oxygen atoms in total. The Morgan fingerprint density at radius 2 is 2.07 bits per heavy atom. The molecule has 0 amide bonds. The van der Waals surface area contributed by atoms with Crippen molar-refractivity contribution in [3.8, 4) is 5.75 Å². The monoisotopic (exact) mass is 455 g/mol. The van der Waals surface area contributed by atoms with E-state index in [0.717, 1.165) is 31.2 Å². The minimum absolute atomic E-state index is 0.00765. The van der Waals surface area contributed by atoms with Gasteiger partial charge in [0.25, 0.3) is 10.9 Å². The van der Waals surface area contributed by atoms with E-state index in [9.17, 15) is 14.7 Å². The molecular formula is C20H26ClN3O5S. The molecule has 0 saturated carbocycles. The first kappa shape index (κ1) is 22.9. The molecular weight excluding hydrogens is 430 g/mol. The number of anilines is 3. The summed E-state index contributed by atoms with van der Waals surface area (Å²) in [5, 5.41) is 17.1. The predicted octanol–water partition coefficient (Wildman–Crippen LogP) is 3.65. The molecule has 1 saturated heterocycles. The van der Waals surface area contributed by atoms with E-state index in [0.29, 0.717) is 23.1 Å². The fourth-order valence-electron chi connectivity index (χ4n) is 3.41. The number of phenolic OH excluding ortho intramolecular Hbond substituents is 1. The van der Waals surface area contributed by atoms with Gasteiger partial charge in [0.15, 0.2) is 5.75 Å². The molecule has 1 aliphatic heterocycles. The third-order valence-electron chi connectivity index (χ3n) is 5.09. The van der Waals surface area contributed by atoms with Gasteiger partial charge in [0.1, 0.15) is 11.4 Å². The van der Waals surface area contributed by atoms with E-state index < -0.39 is 10.9 Å². The Bertz CT molecular complexity index is 953. The summed E-state index contributed by atoms with van der Waals surface area (Å²) in [5.74, 6) is -0.131. The fourth-order valence-corrected chi connectivity index (χ4v) is 4.43. The van der Waals surface area contributed by atoms with Crippen LogP contribution in [0.15, 0.2) is 26.6 Å². The number of hydrogen-bond acceptors (Lipinski definition) is 9. The van der Waals surface area contributed by atoms with E-state index in [2.05, 4.69) is 10.6 Å². The van der Waals surface area contributed by atoms with Crippen LogP contribution in [0.2, 0.25) is 5.02 Å². The zero-order chi connectivity index (χ0) is 21.8. The van der Waals surface area contributed by atoms with Crippen molar-refractivity contribution in [2.75, 3.05) is 30.9 Å². The lowest BCUT2D eigenvalue weighted by atomic mass is 10.0. The Morgan fingerprint density at radius 3 is 2.67 bits per heavy atom. The highest BCUT2D eigenvalue weighted by Gasteiger charge is 2.30. The fraction of sp³-hybridized carbons (Fsp3) is 0.500. The summed E-state index contributed by atoms with van der Waals surface area (Å²) in [5.41, 5.74) is -0.583. The molecule has 164 valence electrons. The third-order valence-corrected chi connectivity index (χ3v) is 6.73. The minimum Gasteiger partial charge on any atom is -0.505 e. The van der Waals surface area contributed by atoms with E-state index in [1.54, 1.807) is 16.6 Å². The van der Waals surface area contributed by atoms with Crippen molar-refractivity contribution in [3.63, 3.8) is 0 Å². The number of phenols is 1. The summed E-state index contributed by atoms with van der Waals surface area (Å²) < 4.78 is 7.27. The first-order valence-corrected chi connectivity index (χ1v) is 11.1. The molecule has 1 aliphatic rings. The van der Waals surface area contributed by atoms with Crippen LogP contribution in [-0.2, 0) is 9.57 Å². The molecule has 2 atom stereocenters. The van der Waals surface area contributed by atoms with Crippen LogP contribution in [-0.4, -0.2) is 42.0 Å². The standard InChI is InChI=1S/C20H26ClN3O5S/c1-4-12(14-7-6-10-29-14)22-15-16(19(27)18(15)26)23-13-9-8-11(21)20(17(13)25)30-24(5-2)28-3/h8-9,12,14,22-23,25H,4-7,10H2,1-3H3/t12-,14?/m1/s1. The first-order chi connectivity index (χ1) is 14.4. The lowest BCUT2D eigenvalue weighted by molar-refractivity contribution is -0.0333. The van der Waals surface area contributed by atoms with Crippen LogP contribution >= 0.6 is 23.5 Å². The number of aromatic hydroxyl groups is 1. The summed E-state index contributed by atoms with van der Waals surface area (Å²) in [6.07, 6.45) is 2.65. The maximum Gasteiger partial charge on any atom is 0.253 e. The molecule has 1 unspecified atom stereocenters. The second kappa shape index (κ2) is 10.0.